The number of carbonyl (C=O) groups is 3. The van der Waals surface area contributed by atoms with E-state index in [2.05, 4.69) is 26.1 Å². The average Bonchev–Trinajstić information content (AvgIpc) is 2.69. The molecule has 0 saturated heterocycles. The van der Waals surface area contributed by atoms with Crippen LogP contribution in [0.25, 0.3) is 0 Å². The molecule has 0 fully saturated rings. The SMILES string of the molecule is CCC(=O)c1ccc2c(c1)N(CC(=O)Nc1ccc(C(C)(C)C)cc1)C(=O)CO2. The first-order valence-electron chi connectivity index (χ1n) is 9.70. The molecule has 6 nitrogen and oxygen atoms in total. The zero-order chi connectivity index (χ0) is 21.2. The van der Waals surface area contributed by atoms with Crippen molar-refractivity contribution in [3.8, 4) is 5.75 Å². The number of carbonyl (C=O) groups excluding carboxylic acids is 3. The van der Waals surface area contributed by atoms with Gasteiger partial charge in [-0.3, -0.25) is 19.3 Å². The lowest BCUT2D eigenvalue weighted by atomic mass is 9.87. The second-order valence-corrected chi connectivity index (χ2v) is 8.10. The maximum Gasteiger partial charge on any atom is 0.265 e. The first kappa shape index (κ1) is 20.6. The Labute approximate surface area is 170 Å². The van der Waals surface area contributed by atoms with E-state index in [1.807, 2.05) is 24.3 Å². The summed E-state index contributed by atoms with van der Waals surface area (Å²) in [7, 11) is 0. The third kappa shape index (κ3) is 4.65. The van der Waals surface area contributed by atoms with Gasteiger partial charge in [0.25, 0.3) is 5.91 Å². The quantitative estimate of drug-likeness (QED) is 0.780. The molecule has 152 valence electrons. The maximum absolute atomic E-state index is 12.6. The minimum Gasteiger partial charge on any atom is -0.482 e. The third-order valence-corrected chi connectivity index (χ3v) is 4.88. The third-order valence-electron chi connectivity index (χ3n) is 4.88. The number of nitrogens with one attached hydrogen (secondary N) is 1. The van der Waals surface area contributed by atoms with Crippen LogP contribution in [-0.4, -0.2) is 30.7 Å². The van der Waals surface area contributed by atoms with E-state index in [0.29, 0.717) is 29.1 Å². The minimum atomic E-state index is -0.322. The summed E-state index contributed by atoms with van der Waals surface area (Å²) < 4.78 is 5.44. The molecular weight excluding hydrogens is 368 g/mol. The molecule has 2 aromatic rings. The second-order valence-electron chi connectivity index (χ2n) is 8.10. The molecule has 0 bridgehead atoms. The first-order chi connectivity index (χ1) is 13.7. The zero-order valence-corrected chi connectivity index (χ0v) is 17.2. The lowest BCUT2D eigenvalue weighted by Gasteiger charge is -2.29. The summed E-state index contributed by atoms with van der Waals surface area (Å²) in [5.74, 6) is -0.187. The van der Waals surface area contributed by atoms with E-state index in [0.717, 1.165) is 0 Å². The van der Waals surface area contributed by atoms with E-state index in [9.17, 15) is 14.4 Å². The number of fused-ring (bicyclic) bond motifs is 1. The molecule has 1 N–H and O–H groups in total. The number of nitrogens with zero attached hydrogens (tertiary/aromatic N) is 1. The van der Waals surface area contributed by atoms with Gasteiger partial charge < -0.3 is 10.1 Å². The van der Waals surface area contributed by atoms with Gasteiger partial charge in [0.2, 0.25) is 5.91 Å². The van der Waals surface area contributed by atoms with Crippen LogP contribution in [0.1, 0.15) is 50.0 Å². The lowest BCUT2D eigenvalue weighted by Crippen LogP contribution is -2.43. The van der Waals surface area contributed by atoms with E-state index in [4.69, 9.17) is 4.74 Å². The molecule has 1 aliphatic heterocycles. The largest absolute Gasteiger partial charge is 0.482 e. The summed E-state index contributed by atoms with van der Waals surface area (Å²) in [6, 6.07) is 12.6. The van der Waals surface area contributed by atoms with Crippen molar-refractivity contribution >= 4 is 29.0 Å². The van der Waals surface area contributed by atoms with Crippen molar-refractivity contribution in [2.24, 2.45) is 0 Å². The van der Waals surface area contributed by atoms with Crippen LogP contribution in [0.15, 0.2) is 42.5 Å². The van der Waals surface area contributed by atoms with Crippen LogP contribution in [0.3, 0.4) is 0 Å². The smallest absolute Gasteiger partial charge is 0.265 e. The fraction of sp³-hybridized carbons (Fsp3) is 0.348. The highest BCUT2D eigenvalue weighted by Crippen LogP contribution is 2.33. The van der Waals surface area contributed by atoms with Gasteiger partial charge in [-0.15, -0.1) is 0 Å². The number of rotatable bonds is 5. The number of Topliss-reactive ketones (excluding diaryl/α,β-unsaturated/α-hetero) is 1. The van der Waals surface area contributed by atoms with E-state index >= 15 is 0 Å². The molecule has 0 aromatic heterocycles. The van der Waals surface area contributed by atoms with Gasteiger partial charge in [0.1, 0.15) is 12.3 Å². The number of hydrogen-bond acceptors (Lipinski definition) is 4. The van der Waals surface area contributed by atoms with Gasteiger partial charge in [0, 0.05) is 17.7 Å². The Hall–Kier alpha value is -3.15. The van der Waals surface area contributed by atoms with E-state index in [-0.39, 0.29) is 36.2 Å². The Morgan fingerprint density at radius 3 is 2.41 bits per heavy atom. The molecule has 1 heterocycles. The molecule has 6 heteroatoms. The Balaban J connectivity index is 1.76. The van der Waals surface area contributed by atoms with E-state index in [1.165, 1.54) is 10.5 Å². The molecule has 0 aliphatic carbocycles. The summed E-state index contributed by atoms with van der Waals surface area (Å²) >= 11 is 0. The van der Waals surface area contributed by atoms with Crippen LogP contribution in [-0.2, 0) is 15.0 Å². The number of ether oxygens (including phenoxy) is 1. The van der Waals surface area contributed by atoms with Gasteiger partial charge in [0.15, 0.2) is 12.4 Å². The van der Waals surface area contributed by atoms with Crippen LogP contribution in [0, 0.1) is 0 Å². The van der Waals surface area contributed by atoms with Gasteiger partial charge in [-0.05, 0) is 41.3 Å². The van der Waals surface area contributed by atoms with Gasteiger partial charge in [-0.25, -0.2) is 0 Å². The number of benzene rings is 2. The number of hydrogen-bond donors (Lipinski definition) is 1. The van der Waals surface area contributed by atoms with Crippen LogP contribution in [0.4, 0.5) is 11.4 Å². The second kappa shape index (κ2) is 8.07. The van der Waals surface area contributed by atoms with Crippen LogP contribution in [0.2, 0.25) is 0 Å². The first-order valence-corrected chi connectivity index (χ1v) is 9.70. The van der Waals surface area contributed by atoms with Crippen LogP contribution in [0.5, 0.6) is 5.75 Å². The number of anilines is 2. The predicted octanol–water partition coefficient (Wildman–Crippen LogP) is 3.94. The molecule has 0 unspecified atom stereocenters. The summed E-state index contributed by atoms with van der Waals surface area (Å²) in [4.78, 5) is 38.4. The normalized spacial score (nSPS) is 13.5. The number of amides is 2. The topological polar surface area (TPSA) is 75.7 Å². The monoisotopic (exact) mass is 394 g/mol. The predicted molar refractivity (Wildman–Crippen MR) is 113 cm³/mol. The molecule has 29 heavy (non-hydrogen) atoms. The highest BCUT2D eigenvalue weighted by atomic mass is 16.5. The fourth-order valence-corrected chi connectivity index (χ4v) is 3.15. The highest BCUT2D eigenvalue weighted by Gasteiger charge is 2.28. The van der Waals surface area contributed by atoms with Crippen molar-refractivity contribution in [3.05, 3.63) is 53.6 Å². The molecular formula is C23H26N2O4. The lowest BCUT2D eigenvalue weighted by molar-refractivity contribution is -0.123. The number of ketones is 1. The molecule has 0 spiro atoms. The standard InChI is InChI=1S/C23H26N2O4/c1-5-19(26)15-6-11-20-18(12-15)25(22(28)14-29-20)13-21(27)24-17-9-7-16(8-10-17)23(2,3)4/h6-12H,5,13-14H2,1-4H3,(H,24,27). The van der Waals surface area contributed by atoms with Crippen molar-refractivity contribution < 1.29 is 19.1 Å². The fourth-order valence-electron chi connectivity index (χ4n) is 3.15. The van der Waals surface area contributed by atoms with Crippen molar-refractivity contribution in [1.82, 2.24) is 0 Å². The zero-order valence-electron chi connectivity index (χ0n) is 17.2. The molecule has 3 rings (SSSR count). The van der Waals surface area contributed by atoms with Crippen molar-refractivity contribution in [1.29, 1.82) is 0 Å². The molecule has 2 aromatic carbocycles. The van der Waals surface area contributed by atoms with E-state index in [1.54, 1.807) is 25.1 Å². The molecule has 0 saturated carbocycles. The van der Waals surface area contributed by atoms with Crippen molar-refractivity contribution in [2.75, 3.05) is 23.4 Å². The van der Waals surface area contributed by atoms with Crippen molar-refractivity contribution in [3.63, 3.8) is 0 Å². The summed E-state index contributed by atoms with van der Waals surface area (Å²) in [6.07, 6.45) is 0.360. The average molecular weight is 394 g/mol. The van der Waals surface area contributed by atoms with Crippen LogP contribution >= 0.6 is 0 Å². The minimum absolute atomic E-state index is 0.0279. The van der Waals surface area contributed by atoms with Gasteiger partial charge >= 0.3 is 0 Å². The van der Waals surface area contributed by atoms with Crippen molar-refractivity contribution in [2.45, 2.75) is 39.5 Å². The van der Waals surface area contributed by atoms with Crippen LogP contribution < -0.4 is 15.0 Å². The van der Waals surface area contributed by atoms with E-state index < -0.39 is 0 Å². The van der Waals surface area contributed by atoms with Gasteiger partial charge in [-0.2, -0.15) is 0 Å². The Morgan fingerprint density at radius 1 is 1.10 bits per heavy atom. The Kier molecular flexibility index (Phi) is 5.73. The Bertz CT molecular complexity index is 942. The highest BCUT2D eigenvalue weighted by molar-refractivity contribution is 6.06. The summed E-state index contributed by atoms with van der Waals surface area (Å²) in [6.45, 7) is 7.86. The molecule has 1 aliphatic rings. The Morgan fingerprint density at radius 2 is 1.79 bits per heavy atom. The molecule has 0 radical (unpaired) electrons. The molecule has 0 atom stereocenters. The van der Waals surface area contributed by atoms with Gasteiger partial charge in [-0.1, -0.05) is 39.8 Å². The van der Waals surface area contributed by atoms with Gasteiger partial charge in [0.05, 0.1) is 5.69 Å². The molecule has 2 amide bonds. The summed E-state index contributed by atoms with van der Waals surface area (Å²) in [5.41, 5.74) is 2.80. The summed E-state index contributed by atoms with van der Waals surface area (Å²) in [5, 5.41) is 2.83. The maximum atomic E-state index is 12.6.